The van der Waals surface area contributed by atoms with Gasteiger partial charge in [0.15, 0.2) is 0 Å². The van der Waals surface area contributed by atoms with Crippen LogP contribution < -0.4 is 15.0 Å². The average Bonchev–Trinajstić information content (AvgIpc) is 3.13. The van der Waals surface area contributed by atoms with Crippen LogP contribution in [0, 0.1) is 6.92 Å². The Hall–Kier alpha value is -3.32. The molecule has 4 rings (SSSR count). The molecule has 31 heavy (non-hydrogen) atoms. The Bertz CT molecular complexity index is 1120. The highest BCUT2D eigenvalue weighted by atomic mass is 35.5. The summed E-state index contributed by atoms with van der Waals surface area (Å²) < 4.78 is 6.84. The number of carbonyl (C=O) groups is 2. The Morgan fingerprint density at radius 1 is 1.19 bits per heavy atom. The zero-order chi connectivity index (χ0) is 22.2. The number of halogens is 1. The minimum absolute atomic E-state index is 0.237. The molecule has 1 atom stereocenters. The molecular formula is C23H23ClN4O3. The summed E-state index contributed by atoms with van der Waals surface area (Å²) in [5, 5.41) is 8.02. The van der Waals surface area contributed by atoms with E-state index in [-0.39, 0.29) is 18.4 Å². The van der Waals surface area contributed by atoms with E-state index in [0.717, 1.165) is 11.3 Å². The molecule has 2 heterocycles. The lowest BCUT2D eigenvalue weighted by molar-refractivity contribution is -0.126. The van der Waals surface area contributed by atoms with Crippen LogP contribution in [0.15, 0.2) is 54.6 Å². The van der Waals surface area contributed by atoms with Gasteiger partial charge in [-0.05, 0) is 61.9 Å². The summed E-state index contributed by atoms with van der Waals surface area (Å²) >= 11 is 5.94. The minimum Gasteiger partial charge on any atom is -0.497 e. The van der Waals surface area contributed by atoms with E-state index in [9.17, 15) is 9.59 Å². The van der Waals surface area contributed by atoms with Crippen molar-refractivity contribution < 1.29 is 14.3 Å². The van der Waals surface area contributed by atoms with E-state index in [1.165, 1.54) is 0 Å². The minimum atomic E-state index is -1.18. The summed E-state index contributed by atoms with van der Waals surface area (Å²) in [6, 6.07) is 16.1. The average molecular weight is 439 g/mol. The molecule has 0 fully saturated rings. The maximum atomic E-state index is 13.5. The number of nitrogens with one attached hydrogen (secondary N) is 1. The standard InChI is InChI=1S/C23H23ClN4O3/c1-15-12-20-21(29)28(18-8-10-19(31-3)11-9-18)23(2,14-27(20)26-15)22(30)25-13-16-4-6-17(24)7-5-16/h4-12H,13-14H2,1-3H3,(H,25,30)/t23-/m1/s1. The summed E-state index contributed by atoms with van der Waals surface area (Å²) in [4.78, 5) is 28.4. The van der Waals surface area contributed by atoms with Gasteiger partial charge in [0.25, 0.3) is 5.91 Å². The third-order valence-corrected chi connectivity index (χ3v) is 5.71. The summed E-state index contributed by atoms with van der Waals surface area (Å²) in [5.74, 6) is 0.120. The maximum Gasteiger partial charge on any atom is 0.277 e. The lowest BCUT2D eigenvalue weighted by atomic mass is 9.94. The van der Waals surface area contributed by atoms with Crippen LogP contribution in [0.25, 0.3) is 0 Å². The van der Waals surface area contributed by atoms with Gasteiger partial charge in [0.05, 0.1) is 19.3 Å². The second kappa shape index (κ2) is 8.07. The Morgan fingerprint density at radius 2 is 1.87 bits per heavy atom. The molecule has 1 aromatic heterocycles. The molecule has 0 spiro atoms. The number of rotatable bonds is 5. The largest absolute Gasteiger partial charge is 0.497 e. The molecule has 1 N–H and O–H groups in total. The van der Waals surface area contributed by atoms with E-state index in [0.29, 0.717) is 28.7 Å². The van der Waals surface area contributed by atoms with Crippen molar-refractivity contribution in [3.8, 4) is 5.75 Å². The molecule has 3 aromatic rings. The number of aromatic nitrogens is 2. The lowest BCUT2D eigenvalue weighted by Crippen LogP contribution is -2.64. The first kappa shape index (κ1) is 20.9. The number of amides is 2. The predicted molar refractivity (Wildman–Crippen MR) is 118 cm³/mol. The number of hydrogen-bond acceptors (Lipinski definition) is 4. The first-order valence-corrected chi connectivity index (χ1v) is 10.3. The van der Waals surface area contributed by atoms with Crippen LogP contribution in [0.3, 0.4) is 0 Å². The highest BCUT2D eigenvalue weighted by molar-refractivity contribution is 6.30. The van der Waals surface area contributed by atoms with Crippen LogP contribution in [0.1, 0.15) is 28.7 Å². The molecule has 8 heteroatoms. The van der Waals surface area contributed by atoms with Gasteiger partial charge in [0, 0.05) is 17.3 Å². The number of fused-ring (bicyclic) bond motifs is 1. The number of anilines is 1. The number of carbonyl (C=O) groups excluding carboxylic acids is 2. The molecule has 0 aliphatic carbocycles. The zero-order valence-electron chi connectivity index (χ0n) is 17.6. The van der Waals surface area contributed by atoms with Crippen LogP contribution in [0.4, 0.5) is 5.69 Å². The third-order valence-electron chi connectivity index (χ3n) is 5.46. The second-order valence-electron chi connectivity index (χ2n) is 7.75. The molecule has 0 saturated heterocycles. The van der Waals surface area contributed by atoms with Gasteiger partial charge < -0.3 is 10.1 Å². The predicted octanol–water partition coefficient (Wildman–Crippen LogP) is 3.59. The van der Waals surface area contributed by atoms with Gasteiger partial charge in [-0.1, -0.05) is 23.7 Å². The fourth-order valence-corrected chi connectivity index (χ4v) is 3.95. The monoisotopic (exact) mass is 438 g/mol. The van der Waals surface area contributed by atoms with Crippen molar-refractivity contribution in [2.45, 2.75) is 32.5 Å². The normalized spacial score (nSPS) is 17.9. The van der Waals surface area contributed by atoms with E-state index in [1.807, 2.05) is 19.1 Å². The highest BCUT2D eigenvalue weighted by Crippen LogP contribution is 2.33. The summed E-state index contributed by atoms with van der Waals surface area (Å²) in [6.07, 6.45) is 0. The molecule has 1 aliphatic heterocycles. The number of ether oxygens (including phenoxy) is 1. The van der Waals surface area contributed by atoms with Crippen molar-refractivity contribution in [1.29, 1.82) is 0 Å². The molecule has 7 nitrogen and oxygen atoms in total. The van der Waals surface area contributed by atoms with Crippen molar-refractivity contribution in [1.82, 2.24) is 15.1 Å². The van der Waals surface area contributed by atoms with E-state index in [2.05, 4.69) is 10.4 Å². The van der Waals surface area contributed by atoms with Gasteiger partial charge in [-0.2, -0.15) is 5.10 Å². The van der Waals surface area contributed by atoms with Gasteiger partial charge in [0.1, 0.15) is 17.0 Å². The third kappa shape index (κ3) is 3.88. The van der Waals surface area contributed by atoms with Gasteiger partial charge in [0.2, 0.25) is 5.91 Å². The Kier molecular flexibility index (Phi) is 5.45. The van der Waals surface area contributed by atoms with E-state index >= 15 is 0 Å². The van der Waals surface area contributed by atoms with Gasteiger partial charge in [-0.15, -0.1) is 0 Å². The molecule has 0 unspecified atom stereocenters. The van der Waals surface area contributed by atoms with Crippen LogP contribution in [0.5, 0.6) is 5.75 Å². The van der Waals surface area contributed by atoms with Crippen molar-refractivity contribution in [2.24, 2.45) is 0 Å². The second-order valence-corrected chi connectivity index (χ2v) is 8.19. The highest BCUT2D eigenvalue weighted by Gasteiger charge is 2.48. The Morgan fingerprint density at radius 3 is 2.52 bits per heavy atom. The first-order valence-electron chi connectivity index (χ1n) is 9.87. The molecule has 2 amide bonds. The first-order chi connectivity index (χ1) is 14.8. The van der Waals surface area contributed by atoms with E-state index < -0.39 is 5.54 Å². The van der Waals surface area contributed by atoms with Crippen molar-refractivity contribution >= 4 is 29.1 Å². The molecule has 160 valence electrons. The summed E-state index contributed by atoms with van der Waals surface area (Å²) in [7, 11) is 1.58. The molecule has 2 aromatic carbocycles. The van der Waals surface area contributed by atoms with Crippen LogP contribution >= 0.6 is 11.6 Å². The summed E-state index contributed by atoms with van der Waals surface area (Å²) in [5.41, 5.74) is 1.53. The Balaban J connectivity index is 1.69. The molecule has 0 saturated carbocycles. The Labute approximate surface area is 185 Å². The molecule has 0 bridgehead atoms. The fraction of sp³-hybridized carbons (Fsp3) is 0.261. The number of aryl methyl sites for hydroxylation is 1. The SMILES string of the molecule is COc1ccc(N2C(=O)c3cc(C)nn3C[C@]2(C)C(=O)NCc2ccc(Cl)cc2)cc1. The number of methoxy groups -OCH3 is 1. The molecule has 1 aliphatic rings. The smallest absolute Gasteiger partial charge is 0.277 e. The maximum absolute atomic E-state index is 13.5. The number of benzene rings is 2. The van der Waals surface area contributed by atoms with Gasteiger partial charge in [-0.25, -0.2) is 0 Å². The molecular weight excluding hydrogens is 416 g/mol. The van der Waals surface area contributed by atoms with Gasteiger partial charge >= 0.3 is 0 Å². The topological polar surface area (TPSA) is 76.5 Å². The van der Waals surface area contributed by atoms with Crippen LogP contribution in [-0.2, 0) is 17.9 Å². The van der Waals surface area contributed by atoms with E-state index in [1.54, 1.807) is 66.1 Å². The van der Waals surface area contributed by atoms with Crippen molar-refractivity contribution in [3.63, 3.8) is 0 Å². The number of nitrogens with zero attached hydrogens (tertiary/aromatic N) is 3. The van der Waals surface area contributed by atoms with Gasteiger partial charge in [-0.3, -0.25) is 19.2 Å². The summed E-state index contributed by atoms with van der Waals surface area (Å²) in [6.45, 7) is 4.14. The van der Waals surface area contributed by atoms with Crippen LogP contribution in [0.2, 0.25) is 5.02 Å². The quantitative estimate of drug-likeness (QED) is 0.660. The number of hydrogen-bond donors (Lipinski definition) is 1. The zero-order valence-corrected chi connectivity index (χ0v) is 18.3. The van der Waals surface area contributed by atoms with Crippen molar-refractivity contribution in [2.75, 3.05) is 12.0 Å². The van der Waals surface area contributed by atoms with Crippen LogP contribution in [-0.4, -0.2) is 34.2 Å². The lowest BCUT2D eigenvalue weighted by Gasteiger charge is -2.43. The van der Waals surface area contributed by atoms with Crippen molar-refractivity contribution in [3.05, 3.63) is 76.6 Å². The fourth-order valence-electron chi connectivity index (χ4n) is 3.82. The van der Waals surface area contributed by atoms with E-state index in [4.69, 9.17) is 16.3 Å². The molecule has 0 radical (unpaired) electrons.